The van der Waals surface area contributed by atoms with Gasteiger partial charge in [-0.1, -0.05) is 42.5 Å². The zero-order valence-electron chi connectivity index (χ0n) is 13.6. The molecule has 0 unspecified atom stereocenters. The van der Waals surface area contributed by atoms with Gasteiger partial charge in [0.25, 0.3) is 0 Å². The summed E-state index contributed by atoms with van der Waals surface area (Å²) in [5.74, 6) is 0.242. The molecule has 1 aliphatic rings. The van der Waals surface area contributed by atoms with Crippen LogP contribution in [0.15, 0.2) is 48.9 Å². The number of carbonyl (C=O) groups is 1. The average molecular weight is 309 g/mol. The molecule has 0 bridgehead atoms. The molecule has 1 aromatic heterocycles. The Morgan fingerprint density at radius 1 is 1.35 bits per heavy atom. The zero-order chi connectivity index (χ0) is 16.1. The van der Waals surface area contributed by atoms with Crippen LogP contribution in [-0.4, -0.2) is 32.9 Å². The fourth-order valence-corrected chi connectivity index (χ4v) is 3.09. The van der Waals surface area contributed by atoms with Crippen LogP contribution in [0.5, 0.6) is 0 Å². The second-order valence-electron chi connectivity index (χ2n) is 6.06. The molecule has 23 heavy (non-hydrogen) atoms. The Morgan fingerprint density at radius 3 is 2.91 bits per heavy atom. The lowest BCUT2D eigenvalue weighted by Gasteiger charge is -2.22. The van der Waals surface area contributed by atoms with Crippen LogP contribution in [0.2, 0.25) is 0 Å². The molecular formula is C19H23N3O. The van der Waals surface area contributed by atoms with Crippen molar-refractivity contribution in [3.05, 3.63) is 60.2 Å². The highest BCUT2D eigenvalue weighted by atomic mass is 16.2. The average Bonchev–Trinajstić information content (AvgIpc) is 3.20. The Bertz CT molecular complexity index is 675. The van der Waals surface area contributed by atoms with Gasteiger partial charge in [-0.25, -0.2) is 4.98 Å². The third kappa shape index (κ3) is 3.89. The molecule has 3 rings (SSSR count). The molecule has 4 nitrogen and oxygen atoms in total. The number of benzene rings is 1. The molecule has 1 saturated heterocycles. The molecule has 1 atom stereocenters. The second-order valence-corrected chi connectivity index (χ2v) is 6.06. The van der Waals surface area contributed by atoms with Crippen molar-refractivity contribution in [2.75, 3.05) is 6.54 Å². The van der Waals surface area contributed by atoms with Crippen LogP contribution >= 0.6 is 0 Å². The molecule has 1 amide bonds. The standard InChI is InChI=1S/C19H23N3O/c1-21-15-20-14-18(21)11-12-19(23)22-13-5-8-17(22)10-9-16-6-3-2-4-7-16/h2-4,6-7,9-10,14-15,17H,5,8,11-13H2,1H3/b10-9+/t17-/m0/s1. The largest absolute Gasteiger partial charge is 0.338 e. The lowest BCUT2D eigenvalue weighted by Crippen LogP contribution is -2.34. The van der Waals surface area contributed by atoms with Gasteiger partial charge >= 0.3 is 0 Å². The summed E-state index contributed by atoms with van der Waals surface area (Å²) in [4.78, 5) is 18.7. The van der Waals surface area contributed by atoms with Gasteiger partial charge in [-0.05, 0) is 24.8 Å². The number of hydrogen-bond acceptors (Lipinski definition) is 2. The van der Waals surface area contributed by atoms with E-state index in [2.05, 4.69) is 29.3 Å². The summed E-state index contributed by atoms with van der Waals surface area (Å²) in [6, 6.07) is 10.5. The first-order chi connectivity index (χ1) is 11.2. The third-order valence-electron chi connectivity index (χ3n) is 4.44. The lowest BCUT2D eigenvalue weighted by atomic mass is 10.1. The number of likely N-dealkylation sites (tertiary alicyclic amines) is 1. The summed E-state index contributed by atoms with van der Waals surface area (Å²) in [6.45, 7) is 0.869. The molecule has 2 aromatic rings. The van der Waals surface area contributed by atoms with E-state index < -0.39 is 0 Å². The fourth-order valence-electron chi connectivity index (χ4n) is 3.09. The molecule has 1 aromatic carbocycles. The first kappa shape index (κ1) is 15.5. The monoisotopic (exact) mass is 309 g/mol. The minimum absolute atomic E-state index is 0.231. The Morgan fingerprint density at radius 2 is 2.17 bits per heavy atom. The summed E-state index contributed by atoms with van der Waals surface area (Å²) in [5.41, 5.74) is 2.29. The Balaban J connectivity index is 1.58. The van der Waals surface area contributed by atoms with Crippen LogP contribution in [-0.2, 0) is 18.3 Å². The Labute approximate surface area is 137 Å². The molecule has 4 heteroatoms. The normalized spacial score (nSPS) is 18.0. The van der Waals surface area contributed by atoms with Gasteiger partial charge in [0.2, 0.25) is 5.91 Å². The minimum atomic E-state index is 0.231. The van der Waals surface area contributed by atoms with E-state index >= 15 is 0 Å². The first-order valence-corrected chi connectivity index (χ1v) is 8.22. The molecule has 0 N–H and O–H groups in total. The smallest absolute Gasteiger partial charge is 0.223 e. The van der Waals surface area contributed by atoms with E-state index in [-0.39, 0.29) is 11.9 Å². The number of hydrogen-bond donors (Lipinski definition) is 0. The maximum Gasteiger partial charge on any atom is 0.223 e. The van der Waals surface area contributed by atoms with E-state index in [1.165, 1.54) is 5.56 Å². The predicted octanol–water partition coefficient (Wildman–Crippen LogP) is 3.06. The number of aryl methyl sites for hydroxylation is 2. The minimum Gasteiger partial charge on any atom is -0.338 e. The summed E-state index contributed by atoms with van der Waals surface area (Å²) in [6.07, 6.45) is 11.4. The van der Waals surface area contributed by atoms with Crippen molar-refractivity contribution in [3.8, 4) is 0 Å². The van der Waals surface area contributed by atoms with E-state index in [0.717, 1.165) is 31.5 Å². The first-order valence-electron chi connectivity index (χ1n) is 8.22. The van der Waals surface area contributed by atoms with Crippen LogP contribution in [0.4, 0.5) is 0 Å². The van der Waals surface area contributed by atoms with E-state index in [1.54, 1.807) is 6.33 Å². The predicted molar refractivity (Wildman–Crippen MR) is 91.7 cm³/mol. The van der Waals surface area contributed by atoms with Crippen LogP contribution < -0.4 is 0 Å². The van der Waals surface area contributed by atoms with Gasteiger partial charge in [-0.3, -0.25) is 4.79 Å². The SMILES string of the molecule is Cn1cncc1CCC(=O)N1CCC[C@H]1/C=C/c1ccccc1. The third-order valence-corrected chi connectivity index (χ3v) is 4.44. The number of amides is 1. The van der Waals surface area contributed by atoms with E-state index in [9.17, 15) is 4.79 Å². The van der Waals surface area contributed by atoms with Crippen molar-refractivity contribution in [3.63, 3.8) is 0 Å². The second kappa shape index (κ2) is 7.27. The van der Waals surface area contributed by atoms with Gasteiger partial charge in [0, 0.05) is 31.9 Å². The van der Waals surface area contributed by atoms with Crippen molar-refractivity contribution < 1.29 is 4.79 Å². The summed E-state index contributed by atoms with van der Waals surface area (Å²) in [7, 11) is 1.97. The summed E-state index contributed by atoms with van der Waals surface area (Å²) in [5, 5.41) is 0. The molecule has 120 valence electrons. The van der Waals surface area contributed by atoms with Crippen LogP contribution in [0.25, 0.3) is 6.08 Å². The lowest BCUT2D eigenvalue weighted by molar-refractivity contribution is -0.131. The van der Waals surface area contributed by atoms with Gasteiger partial charge in [0.1, 0.15) is 0 Å². The van der Waals surface area contributed by atoms with Crippen LogP contribution in [0, 0.1) is 0 Å². The van der Waals surface area contributed by atoms with Gasteiger partial charge in [0.15, 0.2) is 0 Å². The van der Waals surface area contributed by atoms with E-state index in [0.29, 0.717) is 6.42 Å². The summed E-state index contributed by atoms with van der Waals surface area (Å²) < 4.78 is 1.98. The number of aromatic nitrogens is 2. The number of nitrogens with zero attached hydrogens (tertiary/aromatic N) is 3. The highest BCUT2D eigenvalue weighted by Crippen LogP contribution is 2.21. The highest BCUT2D eigenvalue weighted by molar-refractivity contribution is 5.77. The molecule has 0 aliphatic carbocycles. The molecule has 1 fully saturated rings. The maximum atomic E-state index is 12.5. The number of rotatable bonds is 5. The quantitative estimate of drug-likeness (QED) is 0.851. The van der Waals surface area contributed by atoms with Gasteiger partial charge in [0.05, 0.1) is 12.4 Å². The molecule has 0 saturated carbocycles. The Hall–Kier alpha value is -2.36. The topological polar surface area (TPSA) is 38.1 Å². The summed E-state index contributed by atoms with van der Waals surface area (Å²) >= 11 is 0. The zero-order valence-corrected chi connectivity index (χ0v) is 13.6. The fraction of sp³-hybridized carbons (Fsp3) is 0.368. The van der Waals surface area contributed by atoms with Crippen molar-refractivity contribution in [2.45, 2.75) is 31.7 Å². The van der Waals surface area contributed by atoms with Crippen molar-refractivity contribution in [2.24, 2.45) is 7.05 Å². The van der Waals surface area contributed by atoms with Crippen molar-refractivity contribution in [1.82, 2.24) is 14.5 Å². The highest BCUT2D eigenvalue weighted by Gasteiger charge is 2.26. The maximum absolute atomic E-state index is 12.5. The van der Waals surface area contributed by atoms with E-state index in [4.69, 9.17) is 0 Å². The molecular weight excluding hydrogens is 286 g/mol. The van der Waals surface area contributed by atoms with Gasteiger partial charge < -0.3 is 9.47 Å². The van der Waals surface area contributed by atoms with Crippen LogP contribution in [0.1, 0.15) is 30.5 Å². The molecule has 1 aliphatic heterocycles. The van der Waals surface area contributed by atoms with Crippen LogP contribution in [0.3, 0.4) is 0 Å². The Kier molecular flexibility index (Phi) is 4.91. The molecule has 0 radical (unpaired) electrons. The number of carbonyl (C=O) groups excluding carboxylic acids is 1. The van der Waals surface area contributed by atoms with Gasteiger partial charge in [-0.15, -0.1) is 0 Å². The number of imidazole rings is 1. The van der Waals surface area contributed by atoms with Crippen molar-refractivity contribution in [1.29, 1.82) is 0 Å². The van der Waals surface area contributed by atoms with Gasteiger partial charge in [-0.2, -0.15) is 0 Å². The van der Waals surface area contributed by atoms with Crippen molar-refractivity contribution >= 4 is 12.0 Å². The molecule has 2 heterocycles. The molecule has 0 spiro atoms. The van der Waals surface area contributed by atoms with E-state index in [1.807, 2.05) is 40.9 Å².